The number of nitrogens with two attached hydrogens (primary N) is 1. The van der Waals surface area contributed by atoms with Crippen molar-refractivity contribution in [3.05, 3.63) is 0 Å². The standard InChI is InChI=1S/C13H29N3/c1-12(2)13(3)4-6-15-8-10-16(7-5-14)11-9-15/h12-13H,4-11,14H2,1-3H3. The van der Waals surface area contributed by atoms with E-state index in [1.807, 2.05) is 0 Å². The van der Waals surface area contributed by atoms with Crippen molar-refractivity contribution < 1.29 is 0 Å². The summed E-state index contributed by atoms with van der Waals surface area (Å²) in [7, 11) is 0. The van der Waals surface area contributed by atoms with Gasteiger partial charge in [0.1, 0.15) is 0 Å². The molecule has 0 aliphatic carbocycles. The largest absolute Gasteiger partial charge is 0.329 e. The molecule has 0 radical (unpaired) electrons. The van der Waals surface area contributed by atoms with Crippen LogP contribution in [-0.2, 0) is 0 Å². The van der Waals surface area contributed by atoms with Crippen LogP contribution < -0.4 is 5.73 Å². The van der Waals surface area contributed by atoms with E-state index in [0.29, 0.717) is 0 Å². The molecule has 3 heteroatoms. The summed E-state index contributed by atoms with van der Waals surface area (Å²) >= 11 is 0. The monoisotopic (exact) mass is 227 g/mol. The fraction of sp³-hybridized carbons (Fsp3) is 1.00. The van der Waals surface area contributed by atoms with Gasteiger partial charge in [0.05, 0.1) is 0 Å². The van der Waals surface area contributed by atoms with E-state index in [9.17, 15) is 0 Å². The Balaban J connectivity index is 2.12. The normalized spacial score (nSPS) is 21.6. The van der Waals surface area contributed by atoms with Gasteiger partial charge in [-0.15, -0.1) is 0 Å². The second-order valence-electron chi connectivity index (χ2n) is 5.48. The van der Waals surface area contributed by atoms with E-state index in [0.717, 1.165) is 24.9 Å². The van der Waals surface area contributed by atoms with Crippen LogP contribution in [0.25, 0.3) is 0 Å². The first-order chi connectivity index (χ1) is 7.63. The Morgan fingerprint density at radius 1 is 0.938 bits per heavy atom. The highest BCUT2D eigenvalue weighted by molar-refractivity contribution is 4.73. The predicted molar refractivity (Wildman–Crippen MR) is 70.6 cm³/mol. The molecule has 16 heavy (non-hydrogen) atoms. The maximum Gasteiger partial charge on any atom is 0.0110 e. The molecule has 1 heterocycles. The summed E-state index contributed by atoms with van der Waals surface area (Å²) in [5, 5.41) is 0. The third-order valence-corrected chi connectivity index (χ3v) is 3.95. The number of nitrogens with zero attached hydrogens (tertiary/aromatic N) is 2. The first kappa shape index (κ1) is 13.9. The van der Waals surface area contributed by atoms with E-state index < -0.39 is 0 Å². The van der Waals surface area contributed by atoms with Gasteiger partial charge in [-0.05, 0) is 24.8 Å². The topological polar surface area (TPSA) is 32.5 Å². The maximum absolute atomic E-state index is 5.57. The van der Waals surface area contributed by atoms with E-state index in [2.05, 4.69) is 30.6 Å². The summed E-state index contributed by atoms with van der Waals surface area (Å²) in [5.41, 5.74) is 5.57. The summed E-state index contributed by atoms with van der Waals surface area (Å²) in [5.74, 6) is 1.67. The number of hydrogen-bond donors (Lipinski definition) is 1. The van der Waals surface area contributed by atoms with Crippen molar-refractivity contribution in [1.29, 1.82) is 0 Å². The average molecular weight is 227 g/mol. The zero-order valence-electron chi connectivity index (χ0n) is 11.3. The van der Waals surface area contributed by atoms with Crippen LogP contribution in [0.15, 0.2) is 0 Å². The fourth-order valence-electron chi connectivity index (χ4n) is 2.14. The highest BCUT2D eigenvalue weighted by atomic mass is 15.3. The Labute approximate surface area is 101 Å². The first-order valence-corrected chi connectivity index (χ1v) is 6.78. The Bertz CT molecular complexity index is 174. The van der Waals surface area contributed by atoms with Gasteiger partial charge in [-0.1, -0.05) is 20.8 Å². The van der Waals surface area contributed by atoms with E-state index in [1.165, 1.54) is 39.1 Å². The summed E-state index contributed by atoms with van der Waals surface area (Å²) in [6, 6.07) is 0. The first-order valence-electron chi connectivity index (χ1n) is 6.78. The molecule has 1 saturated heterocycles. The molecule has 1 atom stereocenters. The molecule has 0 saturated carbocycles. The third-order valence-electron chi connectivity index (χ3n) is 3.95. The van der Waals surface area contributed by atoms with Gasteiger partial charge in [0.25, 0.3) is 0 Å². The highest BCUT2D eigenvalue weighted by Crippen LogP contribution is 2.15. The molecule has 1 unspecified atom stereocenters. The quantitative estimate of drug-likeness (QED) is 0.741. The second-order valence-corrected chi connectivity index (χ2v) is 5.48. The number of piperazine rings is 1. The number of hydrogen-bond acceptors (Lipinski definition) is 3. The zero-order valence-corrected chi connectivity index (χ0v) is 11.3. The lowest BCUT2D eigenvalue weighted by Gasteiger charge is -2.35. The molecule has 1 rings (SSSR count). The summed E-state index contributed by atoms with van der Waals surface area (Å²) in [6.07, 6.45) is 1.34. The van der Waals surface area contributed by atoms with Crippen LogP contribution in [0.3, 0.4) is 0 Å². The maximum atomic E-state index is 5.57. The Hall–Kier alpha value is -0.120. The number of rotatable bonds is 6. The molecule has 0 bridgehead atoms. The van der Waals surface area contributed by atoms with Crippen LogP contribution in [0.4, 0.5) is 0 Å². The van der Waals surface area contributed by atoms with E-state index in [4.69, 9.17) is 5.73 Å². The predicted octanol–water partition coefficient (Wildman–Crippen LogP) is 1.24. The van der Waals surface area contributed by atoms with Gasteiger partial charge in [0, 0.05) is 39.3 Å². The third kappa shape index (κ3) is 4.81. The molecule has 0 aromatic heterocycles. The molecular formula is C13H29N3. The van der Waals surface area contributed by atoms with Crippen LogP contribution in [0.2, 0.25) is 0 Å². The average Bonchev–Trinajstić information content (AvgIpc) is 2.28. The van der Waals surface area contributed by atoms with Gasteiger partial charge in [-0.2, -0.15) is 0 Å². The second kappa shape index (κ2) is 7.25. The molecule has 0 aromatic rings. The lowest BCUT2D eigenvalue weighted by Crippen LogP contribution is -2.48. The SMILES string of the molecule is CC(C)C(C)CCN1CCN(CCN)CC1. The minimum atomic E-state index is 0.796. The van der Waals surface area contributed by atoms with Crippen molar-refractivity contribution >= 4 is 0 Å². The molecular weight excluding hydrogens is 198 g/mol. The van der Waals surface area contributed by atoms with Gasteiger partial charge >= 0.3 is 0 Å². The van der Waals surface area contributed by atoms with Gasteiger partial charge in [0.15, 0.2) is 0 Å². The molecule has 2 N–H and O–H groups in total. The summed E-state index contributed by atoms with van der Waals surface area (Å²) < 4.78 is 0. The minimum Gasteiger partial charge on any atom is -0.329 e. The van der Waals surface area contributed by atoms with Crippen molar-refractivity contribution in [1.82, 2.24) is 9.80 Å². The molecule has 0 amide bonds. The lowest BCUT2D eigenvalue weighted by molar-refractivity contribution is 0.127. The van der Waals surface area contributed by atoms with Gasteiger partial charge < -0.3 is 10.6 Å². The van der Waals surface area contributed by atoms with Crippen molar-refractivity contribution in [3.8, 4) is 0 Å². The smallest absolute Gasteiger partial charge is 0.0110 e. The molecule has 1 aliphatic heterocycles. The summed E-state index contributed by atoms with van der Waals surface area (Å²) in [4.78, 5) is 5.08. The van der Waals surface area contributed by atoms with Crippen molar-refractivity contribution in [2.75, 3.05) is 45.8 Å². The van der Waals surface area contributed by atoms with Crippen LogP contribution in [0.5, 0.6) is 0 Å². The zero-order chi connectivity index (χ0) is 12.0. The Kier molecular flexibility index (Phi) is 6.32. The highest BCUT2D eigenvalue weighted by Gasteiger charge is 2.17. The molecule has 3 nitrogen and oxygen atoms in total. The van der Waals surface area contributed by atoms with Gasteiger partial charge in [-0.25, -0.2) is 0 Å². The molecule has 0 aromatic carbocycles. The molecule has 0 spiro atoms. The van der Waals surface area contributed by atoms with Crippen LogP contribution in [-0.4, -0.2) is 55.6 Å². The lowest BCUT2D eigenvalue weighted by atomic mass is 9.94. The molecule has 1 fully saturated rings. The van der Waals surface area contributed by atoms with E-state index >= 15 is 0 Å². The van der Waals surface area contributed by atoms with Gasteiger partial charge in [0.2, 0.25) is 0 Å². The van der Waals surface area contributed by atoms with Gasteiger partial charge in [-0.3, -0.25) is 4.90 Å². The Morgan fingerprint density at radius 3 is 1.88 bits per heavy atom. The van der Waals surface area contributed by atoms with Crippen LogP contribution in [0.1, 0.15) is 27.2 Å². The molecule has 96 valence electrons. The summed E-state index contributed by atoms with van der Waals surface area (Å²) in [6.45, 7) is 15.0. The Morgan fingerprint density at radius 2 is 1.44 bits per heavy atom. The van der Waals surface area contributed by atoms with Crippen molar-refractivity contribution in [2.24, 2.45) is 17.6 Å². The minimum absolute atomic E-state index is 0.796. The van der Waals surface area contributed by atoms with E-state index in [1.54, 1.807) is 0 Å². The molecule has 1 aliphatic rings. The van der Waals surface area contributed by atoms with Crippen LogP contribution >= 0.6 is 0 Å². The van der Waals surface area contributed by atoms with Crippen molar-refractivity contribution in [3.63, 3.8) is 0 Å². The van der Waals surface area contributed by atoms with E-state index in [-0.39, 0.29) is 0 Å². The fourth-order valence-corrected chi connectivity index (χ4v) is 2.14. The van der Waals surface area contributed by atoms with Crippen molar-refractivity contribution in [2.45, 2.75) is 27.2 Å². The van der Waals surface area contributed by atoms with Crippen LogP contribution in [0, 0.1) is 11.8 Å².